The molecule has 0 spiro atoms. The van der Waals surface area contributed by atoms with Gasteiger partial charge in [-0.15, -0.1) is 0 Å². The topological polar surface area (TPSA) is 72.4 Å². The van der Waals surface area contributed by atoms with Crippen LogP contribution in [0.5, 0.6) is 0 Å². The van der Waals surface area contributed by atoms with Gasteiger partial charge >= 0.3 is 0 Å². The molecule has 1 aliphatic heterocycles. The lowest BCUT2D eigenvalue weighted by atomic mass is 10.1. The molecule has 1 heterocycles. The Kier molecular flexibility index (Phi) is 3.28. The Hall–Kier alpha value is -1.62. The van der Waals surface area contributed by atoms with Crippen LogP contribution in [0.2, 0.25) is 0 Å². The summed E-state index contributed by atoms with van der Waals surface area (Å²) >= 11 is 0. The fourth-order valence-electron chi connectivity index (χ4n) is 2.44. The Morgan fingerprint density at radius 1 is 1.59 bits per heavy atom. The first-order chi connectivity index (χ1) is 8.13. The van der Waals surface area contributed by atoms with Gasteiger partial charge in [0.1, 0.15) is 0 Å². The molecule has 1 fully saturated rings. The summed E-state index contributed by atoms with van der Waals surface area (Å²) in [6.07, 6.45) is 2.24. The summed E-state index contributed by atoms with van der Waals surface area (Å²) in [5, 5.41) is 10.7. The average Bonchev–Trinajstić information content (AvgIpc) is 2.76. The molecule has 0 aromatic heterocycles. The zero-order valence-electron chi connectivity index (χ0n) is 9.93. The van der Waals surface area contributed by atoms with E-state index in [0.717, 1.165) is 25.1 Å². The first kappa shape index (κ1) is 11.9. The van der Waals surface area contributed by atoms with E-state index in [1.807, 2.05) is 12.1 Å². The van der Waals surface area contributed by atoms with Gasteiger partial charge in [0.2, 0.25) is 0 Å². The van der Waals surface area contributed by atoms with E-state index in [4.69, 9.17) is 5.73 Å². The van der Waals surface area contributed by atoms with Gasteiger partial charge in [-0.2, -0.15) is 0 Å². The van der Waals surface area contributed by atoms with Crippen molar-refractivity contribution in [1.82, 2.24) is 0 Å². The minimum absolute atomic E-state index is 0.178. The van der Waals surface area contributed by atoms with E-state index in [9.17, 15) is 10.1 Å². The third-order valence-electron chi connectivity index (χ3n) is 3.36. The summed E-state index contributed by atoms with van der Waals surface area (Å²) in [5.74, 6) is 0. The standard InChI is InChI=1S/C12H17N3O2/c1-9-7-10(4-5-12(9)15(16)17)14-6-2-3-11(14)8-13/h4-5,7,11H,2-3,6,8,13H2,1H3. The molecule has 0 radical (unpaired) electrons. The van der Waals surface area contributed by atoms with Crippen LogP contribution in [0.3, 0.4) is 0 Å². The predicted molar refractivity (Wildman–Crippen MR) is 67.3 cm³/mol. The molecule has 1 saturated heterocycles. The highest BCUT2D eigenvalue weighted by Gasteiger charge is 2.24. The van der Waals surface area contributed by atoms with Crippen molar-refractivity contribution in [1.29, 1.82) is 0 Å². The molecule has 0 aliphatic carbocycles. The summed E-state index contributed by atoms with van der Waals surface area (Å²) in [5.41, 5.74) is 7.65. The van der Waals surface area contributed by atoms with Crippen molar-refractivity contribution in [2.24, 2.45) is 5.73 Å². The fraction of sp³-hybridized carbons (Fsp3) is 0.500. The zero-order chi connectivity index (χ0) is 12.4. The molecule has 92 valence electrons. The van der Waals surface area contributed by atoms with Gasteiger partial charge in [0, 0.05) is 36.4 Å². The molecule has 1 unspecified atom stereocenters. The number of nitrogens with zero attached hydrogens (tertiary/aromatic N) is 2. The number of benzene rings is 1. The van der Waals surface area contributed by atoms with E-state index in [0.29, 0.717) is 18.2 Å². The largest absolute Gasteiger partial charge is 0.367 e. The van der Waals surface area contributed by atoms with Crippen molar-refractivity contribution in [2.75, 3.05) is 18.0 Å². The Bertz CT molecular complexity index is 434. The number of nitro groups is 1. The van der Waals surface area contributed by atoms with Crippen molar-refractivity contribution in [2.45, 2.75) is 25.8 Å². The van der Waals surface area contributed by atoms with E-state index >= 15 is 0 Å². The van der Waals surface area contributed by atoms with Gasteiger partial charge in [-0.05, 0) is 31.9 Å². The Labute approximate surface area is 100 Å². The second kappa shape index (κ2) is 4.71. The molecule has 1 aromatic carbocycles. The molecule has 1 atom stereocenters. The fourth-order valence-corrected chi connectivity index (χ4v) is 2.44. The van der Waals surface area contributed by atoms with E-state index < -0.39 is 0 Å². The van der Waals surface area contributed by atoms with Crippen LogP contribution in [0, 0.1) is 17.0 Å². The maximum Gasteiger partial charge on any atom is 0.272 e. The molecular formula is C12H17N3O2. The number of hydrogen-bond acceptors (Lipinski definition) is 4. The maximum absolute atomic E-state index is 10.7. The highest BCUT2D eigenvalue weighted by molar-refractivity contribution is 5.56. The molecule has 5 nitrogen and oxygen atoms in total. The van der Waals surface area contributed by atoms with Gasteiger partial charge in [-0.3, -0.25) is 10.1 Å². The minimum Gasteiger partial charge on any atom is -0.367 e. The molecule has 2 rings (SSSR count). The van der Waals surface area contributed by atoms with Crippen LogP contribution in [0.4, 0.5) is 11.4 Å². The van der Waals surface area contributed by atoms with Crippen LogP contribution in [0.1, 0.15) is 18.4 Å². The molecule has 1 aromatic rings. The number of hydrogen-bond donors (Lipinski definition) is 1. The molecule has 1 aliphatic rings. The summed E-state index contributed by atoms with van der Waals surface area (Å²) < 4.78 is 0. The Morgan fingerprint density at radius 3 is 2.94 bits per heavy atom. The van der Waals surface area contributed by atoms with Gasteiger partial charge in [0.25, 0.3) is 5.69 Å². The first-order valence-electron chi connectivity index (χ1n) is 5.85. The number of aryl methyl sites for hydroxylation is 1. The van der Waals surface area contributed by atoms with Crippen LogP contribution in [0.15, 0.2) is 18.2 Å². The summed E-state index contributed by atoms with van der Waals surface area (Å²) in [6.45, 7) is 3.39. The average molecular weight is 235 g/mol. The Balaban J connectivity index is 2.28. The number of nitro benzene ring substituents is 1. The van der Waals surface area contributed by atoms with Gasteiger partial charge in [-0.25, -0.2) is 0 Å². The maximum atomic E-state index is 10.7. The summed E-state index contributed by atoms with van der Waals surface area (Å²) in [7, 11) is 0. The smallest absolute Gasteiger partial charge is 0.272 e. The highest BCUT2D eigenvalue weighted by atomic mass is 16.6. The summed E-state index contributed by atoms with van der Waals surface area (Å²) in [6, 6.07) is 5.65. The number of nitrogens with two attached hydrogens (primary N) is 1. The molecule has 17 heavy (non-hydrogen) atoms. The highest BCUT2D eigenvalue weighted by Crippen LogP contribution is 2.29. The van der Waals surface area contributed by atoms with Gasteiger partial charge in [0.15, 0.2) is 0 Å². The van der Waals surface area contributed by atoms with Crippen molar-refractivity contribution < 1.29 is 4.92 Å². The lowest BCUT2D eigenvalue weighted by Crippen LogP contribution is -2.35. The lowest BCUT2D eigenvalue weighted by Gasteiger charge is -2.25. The van der Waals surface area contributed by atoms with Crippen molar-refractivity contribution in [3.05, 3.63) is 33.9 Å². The van der Waals surface area contributed by atoms with E-state index in [-0.39, 0.29) is 10.6 Å². The quantitative estimate of drug-likeness (QED) is 0.640. The lowest BCUT2D eigenvalue weighted by molar-refractivity contribution is -0.385. The molecule has 0 saturated carbocycles. The van der Waals surface area contributed by atoms with E-state index in [2.05, 4.69) is 4.90 Å². The zero-order valence-corrected chi connectivity index (χ0v) is 9.93. The third kappa shape index (κ3) is 2.24. The van der Waals surface area contributed by atoms with Crippen molar-refractivity contribution in [3.63, 3.8) is 0 Å². The third-order valence-corrected chi connectivity index (χ3v) is 3.36. The van der Waals surface area contributed by atoms with Crippen LogP contribution in [-0.2, 0) is 0 Å². The van der Waals surface area contributed by atoms with Gasteiger partial charge in [0.05, 0.1) is 4.92 Å². The minimum atomic E-state index is -0.344. The van der Waals surface area contributed by atoms with Crippen LogP contribution in [0.25, 0.3) is 0 Å². The van der Waals surface area contributed by atoms with Crippen LogP contribution < -0.4 is 10.6 Å². The second-order valence-corrected chi connectivity index (χ2v) is 4.45. The molecule has 0 amide bonds. The van der Waals surface area contributed by atoms with Crippen molar-refractivity contribution in [3.8, 4) is 0 Å². The Morgan fingerprint density at radius 2 is 2.35 bits per heavy atom. The molecule has 0 bridgehead atoms. The SMILES string of the molecule is Cc1cc(N2CCCC2CN)ccc1[N+](=O)[O-]. The predicted octanol–water partition coefficient (Wildman–Crippen LogP) is 1.83. The first-order valence-corrected chi connectivity index (χ1v) is 5.85. The second-order valence-electron chi connectivity index (χ2n) is 4.45. The van der Waals surface area contributed by atoms with E-state index in [1.165, 1.54) is 0 Å². The van der Waals surface area contributed by atoms with Crippen molar-refractivity contribution >= 4 is 11.4 Å². The van der Waals surface area contributed by atoms with E-state index in [1.54, 1.807) is 13.0 Å². The molecule has 2 N–H and O–H groups in total. The van der Waals surface area contributed by atoms with Crippen LogP contribution in [-0.4, -0.2) is 24.1 Å². The van der Waals surface area contributed by atoms with Crippen LogP contribution >= 0.6 is 0 Å². The number of anilines is 1. The number of rotatable bonds is 3. The molecule has 5 heteroatoms. The summed E-state index contributed by atoms with van der Waals surface area (Å²) in [4.78, 5) is 12.6. The molecular weight excluding hydrogens is 218 g/mol. The van der Waals surface area contributed by atoms with Gasteiger partial charge < -0.3 is 10.6 Å². The monoisotopic (exact) mass is 235 g/mol. The normalized spacial score (nSPS) is 19.6. The van der Waals surface area contributed by atoms with Gasteiger partial charge in [-0.1, -0.05) is 0 Å².